The highest BCUT2D eigenvalue weighted by atomic mass is 32.2. The lowest BCUT2D eigenvalue weighted by Gasteiger charge is -2.16. The standard InChI is InChI=1S/C22H21N3O2S2/c1-24(14-18-6-5-13-28-18)21(26)15-29-22-23-19-7-3-4-8-20(19)25(22)16-9-11-17(27-2)12-10-16/h3-13H,14-15H2,1-2H3. The Kier molecular flexibility index (Phi) is 5.87. The number of hydrogen-bond acceptors (Lipinski definition) is 5. The summed E-state index contributed by atoms with van der Waals surface area (Å²) in [6, 6.07) is 19.9. The number of carbonyl (C=O) groups is 1. The maximum Gasteiger partial charge on any atom is 0.233 e. The second-order valence-corrected chi connectivity index (χ2v) is 8.51. The number of fused-ring (bicyclic) bond motifs is 1. The summed E-state index contributed by atoms with van der Waals surface area (Å²) in [5.41, 5.74) is 2.91. The molecule has 0 saturated heterocycles. The molecule has 5 nitrogen and oxygen atoms in total. The van der Waals surface area contributed by atoms with Crippen LogP contribution in [0.25, 0.3) is 16.7 Å². The fourth-order valence-electron chi connectivity index (χ4n) is 3.04. The van der Waals surface area contributed by atoms with Gasteiger partial charge in [0.15, 0.2) is 5.16 Å². The summed E-state index contributed by atoms with van der Waals surface area (Å²) < 4.78 is 7.36. The fraction of sp³-hybridized carbons (Fsp3) is 0.182. The number of nitrogens with zero attached hydrogens (tertiary/aromatic N) is 3. The van der Waals surface area contributed by atoms with Gasteiger partial charge in [0.05, 0.1) is 30.4 Å². The van der Waals surface area contributed by atoms with E-state index in [1.807, 2.05) is 73.1 Å². The van der Waals surface area contributed by atoms with E-state index < -0.39 is 0 Å². The molecule has 7 heteroatoms. The molecule has 2 aromatic carbocycles. The number of thiophene rings is 1. The summed E-state index contributed by atoms with van der Waals surface area (Å²) in [5.74, 6) is 1.22. The molecule has 148 valence electrons. The SMILES string of the molecule is COc1ccc(-n2c(SCC(=O)N(C)Cc3cccs3)nc3ccccc32)cc1. The van der Waals surface area contributed by atoms with Crippen LogP contribution in [-0.2, 0) is 11.3 Å². The normalized spacial score (nSPS) is 11.0. The van der Waals surface area contributed by atoms with Gasteiger partial charge < -0.3 is 9.64 Å². The zero-order chi connectivity index (χ0) is 20.2. The van der Waals surface area contributed by atoms with Crippen LogP contribution in [0.1, 0.15) is 4.88 Å². The Labute approximate surface area is 177 Å². The van der Waals surface area contributed by atoms with Crippen molar-refractivity contribution in [1.29, 1.82) is 0 Å². The third-order valence-electron chi connectivity index (χ3n) is 4.58. The van der Waals surface area contributed by atoms with Crippen molar-refractivity contribution in [3.8, 4) is 11.4 Å². The van der Waals surface area contributed by atoms with E-state index >= 15 is 0 Å². The lowest BCUT2D eigenvalue weighted by atomic mass is 10.2. The zero-order valence-electron chi connectivity index (χ0n) is 16.2. The monoisotopic (exact) mass is 423 g/mol. The van der Waals surface area contributed by atoms with E-state index in [1.54, 1.807) is 23.3 Å². The summed E-state index contributed by atoms with van der Waals surface area (Å²) in [4.78, 5) is 20.4. The van der Waals surface area contributed by atoms with Crippen molar-refractivity contribution in [3.05, 3.63) is 70.9 Å². The van der Waals surface area contributed by atoms with Crippen LogP contribution in [0.4, 0.5) is 0 Å². The molecule has 0 unspecified atom stereocenters. The highest BCUT2D eigenvalue weighted by Gasteiger charge is 2.16. The highest BCUT2D eigenvalue weighted by molar-refractivity contribution is 7.99. The minimum Gasteiger partial charge on any atom is -0.497 e. The number of ether oxygens (including phenoxy) is 1. The van der Waals surface area contributed by atoms with Crippen LogP contribution in [0.15, 0.2) is 71.2 Å². The largest absolute Gasteiger partial charge is 0.497 e. The van der Waals surface area contributed by atoms with Crippen molar-refractivity contribution in [2.75, 3.05) is 19.9 Å². The first-order chi connectivity index (χ1) is 14.2. The van der Waals surface area contributed by atoms with Crippen LogP contribution < -0.4 is 4.74 Å². The van der Waals surface area contributed by atoms with E-state index in [4.69, 9.17) is 9.72 Å². The second kappa shape index (κ2) is 8.71. The Morgan fingerprint density at radius 1 is 1.14 bits per heavy atom. The lowest BCUT2D eigenvalue weighted by molar-refractivity contribution is -0.127. The number of thioether (sulfide) groups is 1. The maximum atomic E-state index is 12.6. The third kappa shape index (κ3) is 4.31. The number of amides is 1. The molecule has 0 fully saturated rings. The van der Waals surface area contributed by atoms with Crippen LogP contribution in [0, 0.1) is 0 Å². The first kappa shape index (κ1) is 19.5. The van der Waals surface area contributed by atoms with Crippen molar-refractivity contribution < 1.29 is 9.53 Å². The van der Waals surface area contributed by atoms with Crippen molar-refractivity contribution in [1.82, 2.24) is 14.5 Å². The number of benzene rings is 2. The predicted octanol–water partition coefficient (Wildman–Crippen LogP) is 4.85. The lowest BCUT2D eigenvalue weighted by Crippen LogP contribution is -2.27. The van der Waals surface area contributed by atoms with Crippen molar-refractivity contribution >= 4 is 40.0 Å². The van der Waals surface area contributed by atoms with Crippen LogP contribution in [0.5, 0.6) is 5.75 Å². The van der Waals surface area contributed by atoms with E-state index in [2.05, 4.69) is 4.57 Å². The molecular weight excluding hydrogens is 402 g/mol. The maximum absolute atomic E-state index is 12.6. The quantitative estimate of drug-likeness (QED) is 0.399. The molecule has 1 amide bonds. The molecule has 0 radical (unpaired) electrons. The van der Waals surface area contributed by atoms with Gasteiger partial charge in [0.1, 0.15) is 5.75 Å². The molecule has 0 saturated carbocycles. The molecule has 0 aliphatic carbocycles. The van der Waals surface area contributed by atoms with Crippen molar-refractivity contribution in [2.45, 2.75) is 11.7 Å². The van der Waals surface area contributed by atoms with Crippen molar-refractivity contribution in [2.24, 2.45) is 0 Å². The fourth-order valence-corrected chi connectivity index (χ4v) is 4.77. The first-order valence-corrected chi connectivity index (χ1v) is 11.0. The van der Waals surface area contributed by atoms with Crippen LogP contribution in [0.3, 0.4) is 0 Å². The number of para-hydroxylation sites is 2. The van der Waals surface area contributed by atoms with Gasteiger partial charge >= 0.3 is 0 Å². The van der Waals surface area contributed by atoms with E-state index in [0.29, 0.717) is 12.3 Å². The highest BCUT2D eigenvalue weighted by Crippen LogP contribution is 2.29. The summed E-state index contributed by atoms with van der Waals surface area (Å²) in [6.45, 7) is 0.631. The predicted molar refractivity (Wildman–Crippen MR) is 119 cm³/mol. The van der Waals surface area contributed by atoms with E-state index in [0.717, 1.165) is 27.6 Å². The van der Waals surface area contributed by atoms with Gasteiger partial charge in [0.2, 0.25) is 5.91 Å². The van der Waals surface area contributed by atoms with Gasteiger partial charge in [-0.3, -0.25) is 9.36 Å². The van der Waals surface area contributed by atoms with Gasteiger partial charge in [0, 0.05) is 17.6 Å². The molecule has 0 atom stereocenters. The van der Waals surface area contributed by atoms with E-state index in [1.165, 1.54) is 16.6 Å². The molecule has 0 aliphatic heterocycles. The smallest absolute Gasteiger partial charge is 0.233 e. The topological polar surface area (TPSA) is 47.4 Å². The Balaban J connectivity index is 1.57. The van der Waals surface area contributed by atoms with Gasteiger partial charge in [-0.2, -0.15) is 0 Å². The third-order valence-corrected chi connectivity index (χ3v) is 6.37. The van der Waals surface area contributed by atoms with E-state index in [-0.39, 0.29) is 5.91 Å². The molecule has 2 heterocycles. The first-order valence-electron chi connectivity index (χ1n) is 9.17. The summed E-state index contributed by atoms with van der Waals surface area (Å²) in [6.07, 6.45) is 0. The summed E-state index contributed by atoms with van der Waals surface area (Å²) in [7, 11) is 3.50. The average Bonchev–Trinajstić information content (AvgIpc) is 3.39. The number of imidazole rings is 1. The number of hydrogen-bond donors (Lipinski definition) is 0. The molecule has 2 aromatic heterocycles. The van der Waals surface area contributed by atoms with Gasteiger partial charge in [-0.1, -0.05) is 30.0 Å². The minimum atomic E-state index is 0.0803. The molecule has 29 heavy (non-hydrogen) atoms. The number of carbonyl (C=O) groups excluding carboxylic acids is 1. The van der Waals surface area contributed by atoms with Crippen LogP contribution >= 0.6 is 23.1 Å². The van der Waals surface area contributed by atoms with Gasteiger partial charge in [0.25, 0.3) is 0 Å². The molecule has 4 rings (SSSR count). The molecule has 0 aliphatic rings. The molecule has 0 N–H and O–H groups in total. The molecule has 0 bridgehead atoms. The van der Waals surface area contributed by atoms with Crippen molar-refractivity contribution in [3.63, 3.8) is 0 Å². The van der Waals surface area contributed by atoms with Crippen LogP contribution in [0.2, 0.25) is 0 Å². The Morgan fingerprint density at radius 2 is 1.93 bits per heavy atom. The Hall–Kier alpha value is -2.77. The zero-order valence-corrected chi connectivity index (χ0v) is 17.9. The number of rotatable bonds is 7. The Bertz CT molecular complexity index is 1110. The van der Waals surface area contributed by atoms with E-state index in [9.17, 15) is 4.79 Å². The molecule has 4 aromatic rings. The summed E-state index contributed by atoms with van der Waals surface area (Å²) in [5, 5.41) is 2.83. The Morgan fingerprint density at radius 3 is 2.66 bits per heavy atom. The van der Waals surface area contributed by atoms with Gasteiger partial charge in [-0.15, -0.1) is 11.3 Å². The molecule has 0 spiro atoms. The van der Waals surface area contributed by atoms with Gasteiger partial charge in [-0.05, 0) is 47.8 Å². The van der Waals surface area contributed by atoms with Crippen LogP contribution in [-0.4, -0.2) is 40.3 Å². The minimum absolute atomic E-state index is 0.0803. The molecular formula is C22H21N3O2S2. The van der Waals surface area contributed by atoms with Gasteiger partial charge in [-0.25, -0.2) is 4.98 Å². The average molecular weight is 424 g/mol. The summed E-state index contributed by atoms with van der Waals surface area (Å²) >= 11 is 3.12. The number of aromatic nitrogens is 2. The number of methoxy groups -OCH3 is 1. The second-order valence-electron chi connectivity index (χ2n) is 6.53.